The predicted octanol–water partition coefficient (Wildman–Crippen LogP) is 6.59. The van der Waals surface area contributed by atoms with Crippen LogP contribution in [0.2, 0.25) is 0 Å². The first kappa shape index (κ1) is 21.1. The molecule has 0 bridgehead atoms. The summed E-state index contributed by atoms with van der Waals surface area (Å²) < 4.78 is 0. The fraction of sp³-hybridized carbons (Fsp3) is 0.304. The second-order valence-corrected chi connectivity index (χ2v) is 7.36. The topological polar surface area (TPSA) is 26.0 Å². The number of rotatable bonds is 5. The average molecular weight is 354 g/mol. The van der Waals surface area contributed by atoms with E-state index in [2.05, 4.69) is 77.3 Å². The lowest BCUT2D eigenvalue weighted by Crippen LogP contribution is -1.98. The van der Waals surface area contributed by atoms with Crippen molar-refractivity contribution in [1.82, 2.24) is 0 Å². The summed E-state index contributed by atoms with van der Waals surface area (Å²) in [7, 11) is 0. The van der Waals surface area contributed by atoms with Gasteiger partial charge in [0.15, 0.2) is 0 Å². The lowest BCUT2D eigenvalue weighted by atomic mass is 9.96. The first-order valence-electron chi connectivity index (χ1n) is 8.60. The molecule has 25 heavy (non-hydrogen) atoms. The fourth-order valence-corrected chi connectivity index (χ4v) is 2.88. The van der Waals surface area contributed by atoms with Crippen LogP contribution >= 0.6 is 11.8 Å². The Balaban J connectivity index is 0.000000257. The highest BCUT2D eigenvalue weighted by atomic mass is 32.2. The van der Waals surface area contributed by atoms with E-state index < -0.39 is 0 Å². The number of benzene rings is 2. The van der Waals surface area contributed by atoms with Crippen molar-refractivity contribution in [2.24, 2.45) is 0 Å². The molecule has 2 aromatic rings. The Kier molecular flexibility index (Phi) is 8.57. The second kappa shape index (κ2) is 10.1. The first-order valence-corrected chi connectivity index (χ1v) is 9.83. The molecule has 0 saturated heterocycles. The summed E-state index contributed by atoms with van der Waals surface area (Å²) >= 11 is 1.69. The fourth-order valence-electron chi connectivity index (χ4n) is 2.51. The standard InChI is InChI=1S/C13H19N.C10H12S/c1-5-11-8-13(14)10(4)7-12(11)6-9(2)3;1-8-4-6-10(7-5-8)9(2)11-3/h7-8H,2,5-6,14H2,1,3-4H3;4-7H,2H2,1,3H3. The molecule has 0 radical (unpaired) electrons. The van der Waals surface area contributed by atoms with E-state index in [4.69, 9.17) is 5.73 Å². The van der Waals surface area contributed by atoms with Crippen molar-refractivity contribution in [2.75, 3.05) is 12.0 Å². The van der Waals surface area contributed by atoms with E-state index in [-0.39, 0.29) is 0 Å². The zero-order chi connectivity index (χ0) is 19.0. The maximum Gasteiger partial charge on any atom is 0.0346 e. The maximum atomic E-state index is 5.87. The van der Waals surface area contributed by atoms with Crippen molar-refractivity contribution >= 4 is 22.4 Å². The van der Waals surface area contributed by atoms with Crippen molar-refractivity contribution < 1.29 is 0 Å². The van der Waals surface area contributed by atoms with Crippen molar-refractivity contribution in [2.45, 2.75) is 40.5 Å². The molecule has 2 N–H and O–H groups in total. The number of hydrogen-bond acceptors (Lipinski definition) is 2. The second-order valence-electron chi connectivity index (χ2n) is 6.46. The zero-order valence-electron chi connectivity index (χ0n) is 16.3. The number of nitrogen functional groups attached to an aromatic ring is 1. The minimum atomic E-state index is 0.896. The number of hydrogen-bond donors (Lipinski definition) is 1. The van der Waals surface area contributed by atoms with Crippen molar-refractivity contribution in [3.05, 3.63) is 82.9 Å². The van der Waals surface area contributed by atoms with Crippen LogP contribution in [0, 0.1) is 13.8 Å². The number of allylic oxidation sites excluding steroid dienone is 1. The molecule has 134 valence electrons. The van der Waals surface area contributed by atoms with Gasteiger partial charge in [0.1, 0.15) is 0 Å². The third-order valence-corrected chi connectivity index (χ3v) is 4.81. The molecule has 0 atom stereocenters. The van der Waals surface area contributed by atoms with Gasteiger partial charge in [-0.15, -0.1) is 11.8 Å². The van der Waals surface area contributed by atoms with Crippen LogP contribution in [-0.2, 0) is 12.8 Å². The molecule has 1 nitrogen and oxygen atoms in total. The van der Waals surface area contributed by atoms with Crippen LogP contribution < -0.4 is 5.73 Å². The summed E-state index contributed by atoms with van der Waals surface area (Å²) in [5.74, 6) is 0. The highest BCUT2D eigenvalue weighted by Crippen LogP contribution is 2.22. The molecular weight excluding hydrogens is 322 g/mol. The minimum absolute atomic E-state index is 0.896. The van der Waals surface area contributed by atoms with E-state index in [1.165, 1.54) is 33.4 Å². The van der Waals surface area contributed by atoms with Gasteiger partial charge in [0.25, 0.3) is 0 Å². The smallest absolute Gasteiger partial charge is 0.0346 e. The number of anilines is 1. The third kappa shape index (κ3) is 6.83. The summed E-state index contributed by atoms with van der Waals surface area (Å²) in [6.45, 7) is 16.2. The van der Waals surface area contributed by atoms with Gasteiger partial charge in [0.2, 0.25) is 0 Å². The molecule has 0 aliphatic heterocycles. The molecule has 0 aliphatic rings. The minimum Gasteiger partial charge on any atom is -0.399 e. The van der Waals surface area contributed by atoms with E-state index in [1.54, 1.807) is 11.8 Å². The van der Waals surface area contributed by atoms with Gasteiger partial charge in [-0.2, -0.15) is 0 Å². The van der Waals surface area contributed by atoms with E-state index in [0.29, 0.717) is 0 Å². The van der Waals surface area contributed by atoms with Crippen molar-refractivity contribution in [3.8, 4) is 0 Å². The Morgan fingerprint density at radius 1 is 1.04 bits per heavy atom. The van der Waals surface area contributed by atoms with E-state index in [1.807, 2.05) is 6.26 Å². The Bertz CT molecular complexity index is 727. The van der Waals surface area contributed by atoms with E-state index >= 15 is 0 Å². The van der Waals surface area contributed by atoms with E-state index in [0.717, 1.165) is 23.4 Å². The molecule has 0 saturated carbocycles. The molecule has 2 rings (SSSR count). The Labute approximate surface area is 158 Å². The largest absolute Gasteiger partial charge is 0.399 e. The van der Waals surface area contributed by atoms with Crippen LogP contribution in [-0.4, -0.2) is 6.26 Å². The Morgan fingerprint density at radius 3 is 2.12 bits per heavy atom. The molecule has 0 amide bonds. The molecule has 0 fully saturated rings. The normalized spacial score (nSPS) is 9.96. The number of nitrogens with two attached hydrogens (primary N) is 1. The van der Waals surface area contributed by atoms with Gasteiger partial charge in [0.05, 0.1) is 0 Å². The SMILES string of the molecule is C=C(C)Cc1cc(C)c(N)cc1CC.C=C(SC)c1ccc(C)cc1. The molecule has 2 aromatic carbocycles. The highest BCUT2D eigenvalue weighted by molar-refractivity contribution is 8.07. The van der Waals surface area contributed by atoms with Crippen LogP contribution in [0.4, 0.5) is 5.69 Å². The summed E-state index contributed by atoms with van der Waals surface area (Å²) in [6.07, 6.45) is 4.04. The number of thioether (sulfide) groups is 1. The lowest BCUT2D eigenvalue weighted by Gasteiger charge is -2.11. The summed E-state index contributed by atoms with van der Waals surface area (Å²) in [5.41, 5.74) is 14.4. The van der Waals surface area contributed by atoms with Gasteiger partial charge >= 0.3 is 0 Å². The molecule has 0 heterocycles. The van der Waals surface area contributed by atoms with Crippen LogP contribution in [0.1, 0.15) is 41.7 Å². The molecule has 0 aliphatic carbocycles. The predicted molar refractivity (Wildman–Crippen MR) is 117 cm³/mol. The van der Waals surface area contributed by atoms with Gasteiger partial charge in [-0.1, -0.05) is 61.5 Å². The first-order chi connectivity index (χ1) is 11.8. The monoisotopic (exact) mass is 353 g/mol. The van der Waals surface area contributed by atoms with Crippen LogP contribution in [0.15, 0.2) is 55.1 Å². The van der Waals surface area contributed by atoms with Crippen LogP contribution in [0.5, 0.6) is 0 Å². The molecule has 0 aromatic heterocycles. The molecule has 0 spiro atoms. The summed E-state index contributed by atoms with van der Waals surface area (Å²) in [5, 5.41) is 0. The van der Waals surface area contributed by atoms with Gasteiger partial charge in [-0.25, -0.2) is 0 Å². The summed E-state index contributed by atoms with van der Waals surface area (Å²) in [4.78, 5) is 1.13. The average Bonchev–Trinajstić information content (AvgIpc) is 2.58. The van der Waals surface area contributed by atoms with Crippen LogP contribution in [0.3, 0.4) is 0 Å². The molecule has 0 unspecified atom stereocenters. The van der Waals surface area contributed by atoms with Crippen molar-refractivity contribution in [1.29, 1.82) is 0 Å². The molecular formula is C23H31NS. The van der Waals surface area contributed by atoms with E-state index in [9.17, 15) is 0 Å². The highest BCUT2D eigenvalue weighted by Gasteiger charge is 2.04. The molecule has 2 heteroatoms. The van der Waals surface area contributed by atoms with Crippen LogP contribution in [0.25, 0.3) is 4.91 Å². The van der Waals surface area contributed by atoms with Gasteiger partial charge in [0, 0.05) is 10.6 Å². The van der Waals surface area contributed by atoms with Gasteiger partial charge < -0.3 is 5.73 Å². The Morgan fingerprint density at radius 2 is 1.64 bits per heavy atom. The van der Waals surface area contributed by atoms with Crippen molar-refractivity contribution in [3.63, 3.8) is 0 Å². The lowest BCUT2D eigenvalue weighted by molar-refractivity contribution is 1.04. The van der Waals surface area contributed by atoms with Gasteiger partial charge in [-0.3, -0.25) is 0 Å². The maximum absolute atomic E-state index is 5.87. The Hall–Kier alpha value is -1.93. The zero-order valence-corrected chi connectivity index (χ0v) is 17.1. The van der Waals surface area contributed by atoms with Gasteiger partial charge in [-0.05, 0) is 68.2 Å². The third-order valence-electron chi connectivity index (χ3n) is 4.08. The quantitative estimate of drug-likeness (QED) is 0.485. The number of aryl methyl sites for hydroxylation is 3. The summed E-state index contributed by atoms with van der Waals surface area (Å²) in [6, 6.07) is 12.7.